The average molecular weight is 365 g/mol. The lowest BCUT2D eigenvalue weighted by molar-refractivity contribution is -0.175. The van der Waals surface area contributed by atoms with Gasteiger partial charge in [-0.15, -0.1) is 11.3 Å². The molecular weight excluding hydrogens is 336 g/mol. The van der Waals surface area contributed by atoms with Crippen molar-refractivity contribution in [1.82, 2.24) is 4.90 Å². The Bertz CT molecular complexity index is 612. The molecule has 2 N–H and O–H groups in total. The van der Waals surface area contributed by atoms with Crippen molar-refractivity contribution < 1.29 is 14.3 Å². The van der Waals surface area contributed by atoms with Gasteiger partial charge in [0.1, 0.15) is 5.60 Å². The van der Waals surface area contributed by atoms with Crippen LogP contribution in [-0.2, 0) is 15.1 Å². The van der Waals surface area contributed by atoms with Gasteiger partial charge < -0.3 is 15.2 Å². The molecule has 1 aliphatic carbocycles. The molecule has 2 saturated heterocycles. The van der Waals surface area contributed by atoms with E-state index >= 15 is 0 Å². The van der Waals surface area contributed by atoms with Crippen molar-refractivity contribution in [2.75, 3.05) is 33.4 Å². The molecule has 2 unspecified atom stereocenters. The number of nitrogens with two attached hydrogens (primary N) is 1. The molecule has 3 aliphatic rings. The molecule has 1 amide bonds. The Hall–Kier alpha value is -0.950. The van der Waals surface area contributed by atoms with Crippen LogP contribution in [0.2, 0.25) is 0 Å². The molecule has 1 aromatic rings. The molecular formula is C19H28N2O3S. The van der Waals surface area contributed by atoms with E-state index in [9.17, 15) is 4.79 Å². The van der Waals surface area contributed by atoms with Gasteiger partial charge in [0.05, 0.1) is 4.88 Å². The zero-order chi connectivity index (χ0) is 17.4. The van der Waals surface area contributed by atoms with Crippen molar-refractivity contribution >= 4 is 17.2 Å². The van der Waals surface area contributed by atoms with Crippen LogP contribution in [0, 0.1) is 11.8 Å². The Morgan fingerprint density at radius 1 is 1.24 bits per heavy atom. The fourth-order valence-corrected chi connectivity index (χ4v) is 6.52. The van der Waals surface area contributed by atoms with Gasteiger partial charge in [-0.2, -0.15) is 0 Å². The van der Waals surface area contributed by atoms with Crippen LogP contribution >= 0.6 is 11.3 Å². The number of hydrogen-bond donors (Lipinski definition) is 1. The van der Waals surface area contributed by atoms with Gasteiger partial charge >= 0.3 is 0 Å². The highest BCUT2D eigenvalue weighted by atomic mass is 32.1. The monoisotopic (exact) mass is 364 g/mol. The molecule has 3 heterocycles. The number of amides is 1. The molecule has 2 aliphatic heterocycles. The van der Waals surface area contributed by atoms with E-state index in [1.807, 2.05) is 13.2 Å². The zero-order valence-electron chi connectivity index (χ0n) is 14.9. The molecule has 25 heavy (non-hydrogen) atoms. The number of likely N-dealkylation sites (tertiary alicyclic amines) is 1. The Labute approximate surface area is 153 Å². The van der Waals surface area contributed by atoms with Crippen molar-refractivity contribution in [2.45, 2.75) is 43.7 Å². The van der Waals surface area contributed by atoms with Crippen LogP contribution in [0.1, 0.15) is 46.7 Å². The maximum absolute atomic E-state index is 11.6. The number of primary amides is 1. The van der Waals surface area contributed by atoms with Crippen LogP contribution in [0.25, 0.3) is 0 Å². The lowest BCUT2D eigenvalue weighted by atomic mass is 9.64. The molecule has 6 heteroatoms. The Morgan fingerprint density at radius 2 is 1.92 bits per heavy atom. The van der Waals surface area contributed by atoms with Crippen molar-refractivity contribution in [3.63, 3.8) is 0 Å². The maximum Gasteiger partial charge on any atom is 0.258 e. The summed E-state index contributed by atoms with van der Waals surface area (Å²) in [5, 5.41) is 0. The molecule has 0 spiro atoms. The third-order valence-corrected chi connectivity index (χ3v) is 7.74. The minimum absolute atomic E-state index is 0.252. The highest BCUT2D eigenvalue weighted by molar-refractivity contribution is 7.14. The van der Waals surface area contributed by atoms with Gasteiger partial charge in [0.15, 0.2) is 0 Å². The van der Waals surface area contributed by atoms with Crippen molar-refractivity contribution in [2.24, 2.45) is 17.6 Å². The summed E-state index contributed by atoms with van der Waals surface area (Å²) < 4.78 is 11.8. The van der Waals surface area contributed by atoms with Crippen molar-refractivity contribution in [3.05, 3.63) is 21.9 Å². The van der Waals surface area contributed by atoms with Crippen LogP contribution in [0.5, 0.6) is 0 Å². The third kappa shape index (κ3) is 2.93. The van der Waals surface area contributed by atoms with Gasteiger partial charge in [-0.05, 0) is 37.8 Å². The summed E-state index contributed by atoms with van der Waals surface area (Å²) in [5.74, 6) is 0.617. The van der Waals surface area contributed by atoms with Crippen molar-refractivity contribution in [1.29, 1.82) is 0 Å². The van der Waals surface area contributed by atoms with Crippen LogP contribution in [-0.4, -0.2) is 50.3 Å². The summed E-state index contributed by atoms with van der Waals surface area (Å²) in [4.78, 5) is 16.1. The summed E-state index contributed by atoms with van der Waals surface area (Å²) in [6, 6.07) is 4.59. The molecule has 1 saturated carbocycles. The first-order valence-electron chi connectivity index (χ1n) is 9.42. The van der Waals surface area contributed by atoms with E-state index in [4.69, 9.17) is 15.2 Å². The molecule has 5 nitrogen and oxygen atoms in total. The van der Waals surface area contributed by atoms with Gasteiger partial charge in [0.25, 0.3) is 5.91 Å². The first-order valence-corrected chi connectivity index (χ1v) is 10.2. The normalized spacial score (nSPS) is 34.1. The second kappa shape index (κ2) is 6.99. The zero-order valence-corrected chi connectivity index (χ0v) is 15.7. The third-order valence-electron chi connectivity index (χ3n) is 6.51. The molecule has 3 fully saturated rings. The second-order valence-electron chi connectivity index (χ2n) is 7.65. The number of rotatable bonds is 4. The Balaban J connectivity index is 1.63. The van der Waals surface area contributed by atoms with Crippen molar-refractivity contribution in [3.8, 4) is 0 Å². The summed E-state index contributed by atoms with van der Waals surface area (Å²) in [5.41, 5.74) is 5.24. The molecule has 4 rings (SSSR count). The highest BCUT2D eigenvalue weighted by Gasteiger charge is 2.54. The van der Waals surface area contributed by atoms with Gasteiger partial charge in [-0.3, -0.25) is 9.69 Å². The number of ether oxygens (including phenoxy) is 2. The lowest BCUT2D eigenvalue weighted by Crippen LogP contribution is -2.61. The number of thiophene rings is 1. The minimum atomic E-state index is -0.340. The Kier molecular flexibility index (Phi) is 4.88. The number of piperidine rings is 1. The van der Waals surface area contributed by atoms with E-state index in [2.05, 4.69) is 11.0 Å². The summed E-state index contributed by atoms with van der Waals surface area (Å²) in [6.07, 6.45) is 5.94. The predicted molar refractivity (Wildman–Crippen MR) is 97.8 cm³/mol. The predicted octanol–water partition coefficient (Wildman–Crippen LogP) is 2.60. The fourth-order valence-electron chi connectivity index (χ4n) is 5.33. The summed E-state index contributed by atoms with van der Waals surface area (Å²) in [7, 11) is 1.85. The van der Waals surface area contributed by atoms with Crippen LogP contribution in [0.4, 0.5) is 0 Å². The standard InChI is InChI=1S/C19H28N2O3S/c1-23-19(17-6-5-16(25-17)18(20)22)13-3-2-4-14(19)12-21(11-13)15-7-9-24-10-8-15/h5-6,13-15H,2-4,7-12H2,1H3,(H2,20,22). The summed E-state index contributed by atoms with van der Waals surface area (Å²) in [6.45, 7) is 3.94. The number of carbonyl (C=O) groups excluding carboxylic acids is 1. The average Bonchev–Trinajstić information content (AvgIpc) is 3.12. The van der Waals surface area contributed by atoms with Gasteiger partial charge in [0.2, 0.25) is 0 Å². The topological polar surface area (TPSA) is 64.8 Å². The van der Waals surface area contributed by atoms with E-state index < -0.39 is 0 Å². The molecule has 0 aromatic carbocycles. The first-order chi connectivity index (χ1) is 12.1. The number of methoxy groups -OCH3 is 1. The van der Waals surface area contributed by atoms with Crippen LogP contribution in [0.15, 0.2) is 12.1 Å². The largest absolute Gasteiger partial charge is 0.381 e. The fraction of sp³-hybridized carbons (Fsp3) is 0.737. The molecule has 138 valence electrons. The van der Waals surface area contributed by atoms with Crippen LogP contribution in [0.3, 0.4) is 0 Å². The number of hydrogen-bond acceptors (Lipinski definition) is 5. The quantitative estimate of drug-likeness (QED) is 0.892. The number of carbonyl (C=O) groups is 1. The number of fused-ring (bicyclic) bond motifs is 2. The summed E-state index contributed by atoms with van der Waals surface area (Å²) >= 11 is 1.53. The van der Waals surface area contributed by atoms with E-state index in [1.165, 1.54) is 35.5 Å². The van der Waals surface area contributed by atoms with Gasteiger partial charge in [-0.25, -0.2) is 0 Å². The molecule has 0 radical (unpaired) electrons. The Morgan fingerprint density at radius 3 is 2.48 bits per heavy atom. The minimum Gasteiger partial charge on any atom is -0.381 e. The molecule has 2 atom stereocenters. The van der Waals surface area contributed by atoms with Gasteiger partial charge in [0, 0.05) is 56.2 Å². The SMILES string of the molecule is COC1(c2ccc(C(N)=O)s2)C2CCCC1CN(C1CCOCC1)C2. The maximum atomic E-state index is 11.6. The smallest absolute Gasteiger partial charge is 0.258 e. The molecule has 1 aromatic heterocycles. The van der Waals surface area contributed by atoms with E-state index in [1.54, 1.807) is 0 Å². The van der Waals surface area contributed by atoms with E-state index in [0.29, 0.717) is 22.8 Å². The first kappa shape index (κ1) is 17.5. The van der Waals surface area contributed by atoms with E-state index in [0.717, 1.165) is 39.1 Å². The number of nitrogens with zero attached hydrogens (tertiary/aromatic N) is 1. The second-order valence-corrected chi connectivity index (χ2v) is 8.73. The highest BCUT2D eigenvalue weighted by Crippen LogP contribution is 2.53. The lowest BCUT2D eigenvalue weighted by Gasteiger charge is -2.56. The van der Waals surface area contributed by atoms with E-state index in [-0.39, 0.29) is 11.5 Å². The molecule has 2 bridgehead atoms. The van der Waals surface area contributed by atoms with Gasteiger partial charge in [-0.1, -0.05) is 6.42 Å². The van der Waals surface area contributed by atoms with Crippen LogP contribution < -0.4 is 5.73 Å².